The Morgan fingerprint density at radius 3 is 3.10 bits per heavy atom. The lowest BCUT2D eigenvalue weighted by Gasteiger charge is -2.23. The van der Waals surface area contributed by atoms with E-state index in [0.29, 0.717) is 16.6 Å². The summed E-state index contributed by atoms with van der Waals surface area (Å²) in [6.07, 6.45) is 1.47. The van der Waals surface area contributed by atoms with Gasteiger partial charge in [-0.25, -0.2) is 9.37 Å². The molecule has 5 nitrogen and oxygen atoms in total. The third-order valence-corrected chi connectivity index (χ3v) is 4.33. The van der Waals surface area contributed by atoms with Crippen molar-refractivity contribution in [2.45, 2.75) is 11.7 Å². The van der Waals surface area contributed by atoms with Gasteiger partial charge in [0.05, 0.1) is 5.92 Å². The normalized spacial score (nSPS) is 17.1. The lowest BCUT2D eigenvalue weighted by Crippen LogP contribution is -2.36. The molecule has 1 aliphatic rings. The Morgan fingerprint density at radius 1 is 1.43 bits per heavy atom. The van der Waals surface area contributed by atoms with E-state index in [1.165, 1.54) is 46.8 Å². The van der Waals surface area contributed by atoms with E-state index in [1.807, 2.05) is 0 Å². The van der Waals surface area contributed by atoms with E-state index >= 15 is 0 Å². The van der Waals surface area contributed by atoms with Crippen LogP contribution >= 0.6 is 11.8 Å². The summed E-state index contributed by atoms with van der Waals surface area (Å²) in [7, 11) is 0. The second kappa shape index (κ2) is 5.69. The standard InChI is InChI=1S/C14H12FN3O2S/c15-10-2-1-3-11(6-10)17-13(20)9-7-18-12(19)4-5-16-14(18)21-8-9/h1-6,9H,7-8H2,(H,17,20). The SMILES string of the molecule is O=C(Nc1cccc(F)c1)C1CSc2nccc(=O)n2C1. The van der Waals surface area contributed by atoms with Gasteiger partial charge in [-0.15, -0.1) is 0 Å². The summed E-state index contributed by atoms with van der Waals surface area (Å²) in [6.45, 7) is 0.288. The van der Waals surface area contributed by atoms with E-state index in [0.717, 1.165) is 0 Å². The Labute approximate surface area is 124 Å². The first-order valence-corrected chi connectivity index (χ1v) is 7.37. The van der Waals surface area contributed by atoms with Crippen molar-refractivity contribution >= 4 is 23.4 Å². The van der Waals surface area contributed by atoms with Crippen LogP contribution in [0.2, 0.25) is 0 Å². The quantitative estimate of drug-likeness (QED) is 0.859. The molecule has 7 heteroatoms. The third-order valence-electron chi connectivity index (χ3n) is 3.18. The molecule has 1 N–H and O–H groups in total. The first kappa shape index (κ1) is 13.8. The van der Waals surface area contributed by atoms with Gasteiger partial charge in [-0.1, -0.05) is 17.8 Å². The molecule has 1 amide bonds. The van der Waals surface area contributed by atoms with Gasteiger partial charge in [-0.05, 0) is 18.2 Å². The zero-order chi connectivity index (χ0) is 14.8. The number of benzene rings is 1. The topological polar surface area (TPSA) is 64.0 Å². The first-order chi connectivity index (χ1) is 10.1. The Bertz CT molecular complexity index is 747. The van der Waals surface area contributed by atoms with Gasteiger partial charge >= 0.3 is 0 Å². The van der Waals surface area contributed by atoms with Crippen LogP contribution in [0.5, 0.6) is 0 Å². The van der Waals surface area contributed by atoms with Crippen molar-refractivity contribution < 1.29 is 9.18 Å². The van der Waals surface area contributed by atoms with Crippen LogP contribution < -0.4 is 10.9 Å². The van der Waals surface area contributed by atoms with Crippen LogP contribution in [0.4, 0.5) is 10.1 Å². The molecule has 1 aromatic carbocycles. The summed E-state index contributed by atoms with van der Waals surface area (Å²) in [5, 5.41) is 3.30. The van der Waals surface area contributed by atoms with Gasteiger partial charge in [0.2, 0.25) is 5.91 Å². The zero-order valence-corrected chi connectivity index (χ0v) is 11.8. The Hall–Kier alpha value is -2.15. The maximum atomic E-state index is 13.1. The Balaban J connectivity index is 1.75. The summed E-state index contributed by atoms with van der Waals surface area (Å²) >= 11 is 1.37. The third kappa shape index (κ3) is 2.97. The van der Waals surface area contributed by atoms with Crippen LogP contribution in [-0.2, 0) is 11.3 Å². The van der Waals surface area contributed by atoms with Gasteiger partial charge in [0.15, 0.2) is 5.16 Å². The smallest absolute Gasteiger partial charge is 0.254 e. The van der Waals surface area contributed by atoms with E-state index in [4.69, 9.17) is 0 Å². The minimum Gasteiger partial charge on any atom is -0.326 e. The lowest BCUT2D eigenvalue weighted by molar-refractivity contribution is -0.119. The monoisotopic (exact) mass is 305 g/mol. The Morgan fingerprint density at radius 2 is 2.29 bits per heavy atom. The van der Waals surface area contributed by atoms with E-state index in [9.17, 15) is 14.0 Å². The second-order valence-corrected chi connectivity index (χ2v) is 5.67. The fourth-order valence-electron chi connectivity index (χ4n) is 2.12. The van der Waals surface area contributed by atoms with Crippen LogP contribution in [0.1, 0.15) is 0 Å². The van der Waals surface area contributed by atoms with Gasteiger partial charge < -0.3 is 5.32 Å². The minimum absolute atomic E-state index is 0.171. The summed E-state index contributed by atoms with van der Waals surface area (Å²) < 4.78 is 14.6. The molecule has 0 spiro atoms. The molecule has 108 valence electrons. The molecule has 0 radical (unpaired) electrons. The van der Waals surface area contributed by atoms with E-state index < -0.39 is 5.82 Å². The number of fused-ring (bicyclic) bond motifs is 1. The number of hydrogen-bond donors (Lipinski definition) is 1. The minimum atomic E-state index is -0.406. The summed E-state index contributed by atoms with van der Waals surface area (Å²) in [5.74, 6) is -0.448. The molecule has 1 aliphatic heterocycles. The first-order valence-electron chi connectivity index (χ1n) is 6.38. The van der Waals surface area contributed by atoms with Crippen LogP contribution in [0.15, 0.2) is 46.5 Å². The molecule has 21 heavy (non-hydrogen) atoms. The number of halogens is 1. The molecule has 1 unspecified atom stereocenters. The van der Waals surface area contributed by atoms with Crippen molar-refractivity contribution in [1.82, 2.24) is 9.55 Å². The number of carbonyl (C=O) groups excluding carboxylic acids is 1. The number of carbonyl (C=O) groups is 1. The number of rotatable bonds is 2. The average molecular weight is 305 g/mol. The molecule has 3 rings (SSSR count). The highest BCUT2D eigenvalue weighted by Gasteiger charge is 2.26. The zero-order valence-electron chi connectivity index (χ0n) is 11.0. The largest absolute Gasteiger partial charge is 0.326 e. The van der Waals surface area contributed by atoms with Crippen molar-refractivity contribution in [3.05, 3.63) is 52.7 Å². The number of amides is 1. The highest BCUT2D eigenvalue weighted by Crippen LogP contribution is 2.25. The van der Waals surface area contributed by atoms with Gasteiger partial charge in [-0.3, -0.25) is 14.2 Å². The molecule has 0 bridgehead atoms. The summed E-state index contributed by atoms with van der Waals surface area (Å²) in [4.78, 5) is 28.1. The van der Waals surface area contributed by atoms with Crippen LogP contribution in [0.3, 0.4) is 0 Å². The molecular weight excluding hydrogens is 293 g/mol. The number of nitrogens with zero attached hydrogens (tertiary/aromatic N) is 2. The number of anilines is 1. The van der Waals surface area contributed by atoms with E-state index in [2.05, 4.69) is 10.3 Å². The van der Waals surface area contributed by atoms with Crippen molar-refractivity contribution in [2.75, 3.05) is 11.1 Å². The van der Waals surface area contributed by atoms with E-state index in [1.54, 1.807) is 6.07 Å². The highest BCUT2D eigenvalue weighted by atomic mass is 32.2. The molecular formula is C14H12FN3O2S. The number of hydrogen-bond acceptors (Lipinski definition) is 4. The van der Waals surface area contributed by atoms with Crippen molar-refractivity contribution in [1.29, 1.82) is 0 Å². The van der Waals surface area contributed by atoms with Gasteiger partial charge in [0, 0.05) is 30.2 Å². The molecule has 0 saturated heterocycles. The van der Waals surface area contributed by atoms with Gasteiger partial charge in [0.25, 0.3) is 5.56 Å². The summed E-state index contributed by atoms with van der Waals surface area (Å²) in [6, 6.07) is 7.10. The number of thioether (sulfide) groups is 1. The van der Waals surface area contributed by atoms with Gasteiger partial charge in [-0.2, -0.15) is 0 Å². The second-order valence-electron chi connectivity index (χ2n) is 4.68. The number of aromatic nitrogens is 2. The maximum Gasteiger partial charge on any atom is 0.254 e. The predicted molar refractivity (Wildman–Crippen MR) is 77.7 cm³/mol. The predicted octanol–water partition coefficient (Wildman–Crippen LogP) is 1.74. The molecule has 0 fully saturated rings. The molecule has 1 atom stereocenters. The fraction of sp³-hybridized carbons (Fsp3) is 0.214. The number of nitrogens with one attached hydrogen (secondary N) is 1. The van der Waals surface area contributed by atoms with Crippen molar-refractivity contribution in [3.8, 4) is 0 Å². The summed E-state index contributed by atoms with van der Waals surface area (Å²) in [5.41, 5.74) is 0.241. The molecule has 2 heterocycles. The van der Waals surface area contributed by atoms with Crippen LogP contribution in [-0.4, -0.2) is 21.2 Å². The van der Waals surface area contributed by atoms with Crippen LogP contribution in [0.25, 0.3) is 0 Å². The van der Waals surface area contributed by atoms with E-state index in [-0.39, 0.29) is 23.9 Å². The average Bonchev–Trinajstić information content (AvgIpc) is 2.47. The molecule has 0 saturated carbocycles. The molecule has 2 aromatic rings. The van der Waals surface area contributed by atoms with Crippen molar-refractivity contribution in [3.63, 3.8) is 0 Å². The van der Waals surface area contributed by atoms with Crippen LogP contribution in [0, 0.1) is 11.7 Å². The molecule has 1 aromatic heterocycles. The lowest BCUT2D eigenvalue weighted by atomic mass is 10.1. The Kier molecular flexibility index (Phi) is 3.74. The fourth-order valence-corrected chi connectivity index (χ4v) is 3.18. The molecule has 0 aliphatic carbocycles. The van der Waals surface area contributed by atoms with Crippen molar-refractivity contribution in [2.24, 2.45) is 5.92 Å². The maximum absolute atomic E-state index is 13.1. The van der Waals surface area contributed by atoms with Gasteiger partial charge in [0.1, 0.15) is 5.82 Å². The highest BCUT2D eigenvalue weighted by molar-refractivity contribution is 7.99.